The first-order valence-corrected chi connectivity index (χ1v) is 6.45. The first kappa shape index (κ1) is 14.1. The Balaban J connectivity index is 2.52. The molecule has 0 radical (unpaired) electrons. The molecule has 19 heavy (non-hydrogen) atoms. The molecule has 0 aliphatic carbocycles. The van der Waals surface area contributed by atoms with Crippen molar-refractivity contribution in [2.45, 2.75) is 13.0 Å². The Hall–Kier alpha value is -1.27. The molecule has 2 rings (SSSR count). The zero-order valence-electron chi connectivity index (χ0n) is 10.0. The third-order valence-electron chi connectivity index (χ3n) is 2.74. The van der Waals surface area contributed by atoms with Gasteiger partial charge in [-0.25, -0.2) is 13.2 Å². The highest BCUT2D eigenvalue weighted by Crippen LogP contribution is 2.32. The second-order valence-corrected chi connectivity index (χ2v) is 4.63. The van der Waals surface area contributed by atoms with Gasteiger partial charge in [-0.05, 0) is 34.6 Å². The predicted octanol–water partition coefficient (Wildman–Crippen LogP) is 4.16. The average Bonchev–Trinajstić information content (AvgIpc) is 2.80. The van der Waals surface area contributed by atoms with Crippen LogP contribution in [0.2, 0.25) is 0 Å². The van der Waals surface area contributed by atoms with E-state index in [4.69, 9.17) is 4.42 Å². The highest BCUT2D eigenvalue weighted by Gasteiger charge is 2.24. The summed E-state index contributed by atoms with van der Waals surface area (Å²) in [6.45, 7) is 2.36. The van der Waals surface area contributed by atoms with Gasteiger partial charge in [0.1, 0.15) is 0 Å². The summed E-state index contributed by atoms with van der Waals surface area (Å²) in [5.41, 5.74) is 0.648. The Morgan fingerprint density at radius 2 is 1.89 bits per heavy atom. The molecule has 1 unspecified atom stereocenters. The normalized spacial score (nSPS) is 12.7. The van der Waals surface area contributed by atoms with Gasteiger partial charge in [0.05, 0.1) is 12.3 Å². The van der Waals surface area contributed by atoms with Crippen LogP contribution in [0.25, 0.3) is 0 Å². The minimum atomic E-state index is -1.47. The van der Waals surface area contributed by atoms with Crippen LogP contribution in [0.3, 0.4) is 0 Å². The summed E-state index contributed by atoms with van der Waals surface area (Å²) in [5, 5.41) is 3.01. The number of hydrogen-bond donors (Lipinski definition) is 1. The number of hydrogen-bond acceptors (Lipinski definition) is 2. The van der Waals surface area contributed by atoms with Gasteiger partial charge in [0.2, 0.25) is 0 Å². The highest BCUT2D eigenvalue weighted by molar-refractivity contribution is 9.10. The van der Waals surface area contributed by atoms with Crippen LogP contribution in [-0.4, -0.2) is 6.54 Å². The molecule has 2 nitrogen and oxygen atoms in total. The van der Waals surface area contributed by atoms with Crippen molar-refractivity contribution in [3.63, 3.8) is 0 Å². The number of rotatable bonds is 4. The minimum Gasteiger partial charge on any atom is -0.457 e. The van der Waals surface area contributed by atoms with Crippen molar-refractivity contribution >= 4 is 15.9 Å². The van der Waals surface area contributed by atoms with Crippen molar-refractivity contribution in [1.82, 2.24) is 5.32 Å². The van der Waals surface area contributed by atoms with E-state index in [-0.39, 0.29) is 5.56 Å². The second-order valence-electron chi connectivity index (χ2n) is 3.90. The number of nitrogens with one attached hydrogen (secondary N) is 1. The molecule has 0 aliphatic heterocycles. The topological polar surface area (TPSA) is 25.2 Å². The van der Waals surface area contributed by atoms with E-state index in [0.29, 0.717) is 16.8 Å². The van der Waals surface area contributed by atoms with Crippen LogP contribution in [0.1, 0.15) is 24.1 Å². The molecule has 0 fully saturated rings. The molecule has 1 N–H and O–H groups in total. The Morgan fingerprint density at radius 3 is 2.47 bits per heavy atom. The molecule has 1 aromatic carbocycles. The van der Waals surface area contributed by atoms with Gasteiger partial charge in [-0.1, -0.05) is 13.0 Å². The molecule has 0 saturated heterocycles. The lowest BCUT2D eigenvalue weighted by molar-refractivity contribution is 0.432. The van der Waals surface area contributed by atoms with E-state index < -0.39 is 23.5 Å². The quantitative estimate of drug-likeness (QED) is 0.850. The fraction of sp³-hybridized carbons (Fsp3) is 0.231. The maximum absolute atomic E-state index is 13.9. The molecule has 0 aliphatic rings. The largest absolute Gasteiger partial charge is 0.457 e. The van der Waals surface area contributed by atoms with Crippen LogP contribution in [0.15, 0.2) is 33.5 Å². The molecule has 0 amide bonds. The van der Waals surface area contributed by atoms with Crippen LogP contribution in [0.4, 0.5) is 13.2 Å². The molecule has 0 spiro atoms. The predicted molar refractivity (Wildman–Crippen MR) is 68.2 cm³/mol. The van der Waals surface area contributed by atoms with E-state index in [1.807, 2.05) is 6.92 Å². The van der Waals surface area contributed by atoms with Gasteiger partial charge in [-0.2, -0.15) is 0 Å². The molecule has 1 aromatic heterocycles. The fourth-order valence-electron chi connectivity index (χ4n) is 1.87. The van der Waals surface area contributed by atoms with Gasteiger partial charge >= 0.3 is 0 Å². The van der Waals surface area contributed by atoms with E-state index >= 15 is 0 Å². The van der Waals surface area contributed by atoms with Crippen molar-refractivity contribution in [2.75, 3.05) is 6.54 Å². The van der Waals surface area contributed by atoms with E-state index in [1.54, 1.807) is 6.07 Å². The third kappa shape index (κ3) is 2.69. The smallest absolute Gasteiger partial charge is 0.194 e. The summed E-state index contributed by atoms with van der Waals surface area (Å²) in [5.74, 6) is -3.87. The fourth-order valence-corrected chi connectivity index (χ4v) is 2.33. The molecule has 0 bridgehead atoms. The zero-order chi connectivity index (χ0) is 14.0. The lowest BCUT2D eigenvalue weighted by atomic mass is 10.00. The Morgan fingerprint density at radius 1 is 1.16 bits per heavy atom. The lowest BCUT2D eigenvalue weighted by Gasteiger charge is -2.18. The monoisotopic (exact) mass is 333 g/mol. The van der Waals surface area contributed by atoms with Crippen molar-refractivity contribution in [1.29, 1.82) is 0 Å². The Kier molecular flexibility index (Phi) is 4.31. The van der Waals surface area contributed by atoms with Gasteiger partial charge in [0.15, 0.2) is 22.1 Å². The molecule has 0 saturated carbocycles. The zero-order valence-corrected chi connectivity index (χ0v) is 11.6. The van der Waals surface area contributed by atoms with Crippen molar-refractivity contribution in [2.24, 2.45) is 0 Å². The van der Waals surface area contributed by atoms with Gasteiger partial charge in [-0.3, -0.25) is 0 Å². The number of furan rings is 1. The van der Waals surface area contributed by atoms with E-state index in [2.05, 4.69) is 21.2 Å². The molecule has 102 valence electrons. The highest BCUT2D eigenvalue weighted by atomic mass is 79.9. The molecule has 6 heteroatoms. The lowest BCUT2D eigenvalue weighted by Crippen LogP contribution is -2.23. The van der Waals surface area contributed by atoms with Gasteiger partial charge in [0, 0.05) is 11.1 Å². The number of benzene rings is 1. The van der Waals surface area contributed by atoms with E-state index in [0.717, 1.165) is 6.07 Å². The number of halogens is 4. The third-order valence-corrected chi connectivity index (χ3v) is 3.39. The van der Waals surface area contributed by atoms with Crippen LogP contribution in [-0.2, 0) is 0 Å². The average molecular weight is 334 g/mol. The van der Waals surface area contributed by atoms with Crippen molar-refractivity contribution in [3.05, 3.63) is 57.7 Å². The summed E-state index contributed by atoms with van der Waals surface area (Å²) in [6, 6.07) is 3.15. The van der Waals surface area contributed by atoms with Crippen LogP contribution >= 0.6 is 15.9 Å². The maximum atomic E-state index is 13.9. The SMILES string of the molecule is CCNC(c1ccoc1Br)c1ccc(F)c(F)c1F. The molecular weight excluding hydrogens is 323 g/mol. The maximum Gasteiger partial charge on any atom is 0.194 e. The van der Waals surface area contributed by atoms with Crippen LogP contribution in [0, 0.1) is 17.5 Å². The first-order chi connectivity index (χ1) is 9.06. The summed E-state index contributed by atoms with van der Waals surface area (Å²) in [7, 11) is 0. The van der Waals surface area contributed by atoms with Crippen molar-refractivity contribution < 1.29 is 17.6 Å². The summed E-state index contributed by atoms with van der Waals surface area (Å²) < 4.78 is 45.7. The van der Waals surface area contributed by atoms with Gasteiger partial charge in [-0.15, -0.1) is 0 Å². The Bertz CT molecular complexity index is 585. The van der Waals surface area contributed by atoms with Crippen LogP contribution < -0.4 is 5.32 Å². The first-order valence-electron chi connectivity index (χ1n) is 5.66. The van der Waals surface area contributed by atoms with Gasteiger partial charge in [0.25, 0.3) is 0 Å². The molecular formula is C13H11BrF3NO. The standard InChI is InChI=1S/C13H11BrF3NO/c1-2-18-12(8-5-6-19-13(8)14)7-3-4-9(15)11(17)10(7)16/h3-6,12,18H,2H2,1H3. The molecule has 1 atom stereocenters. The second kappa shape index (κ2) is 5.79. The van der Waals surface area contributed by atoms with Crippen molar-refractivity contribution in [3.8, 4) is 0 Å². The van der Waals surface area contributed by atoms with E-state index in [9.17, 15) is 13.2 Å². The molecule has 1 heterocycles. The minimum absolute atomic E-state index is 0.0304. The van der Waals surface area contributed by atoms with Gasteiger partial charge < -0.3 is 9.73 Å². The summed E-state index contributed by atoms with van der Waals surface area (Å²) in [4.78, 5) is 0. The Labute approximate surface area is 116 Å². The summed E-state index contributed by atoms with van der Waals surface area (Å²) in [6.07, 6.45) is 1.43. The van der Waals surface area contributed by atoms with E-state index in [1.165, 1.54) is 12.3 Å². The summed E-state index contributed by atoms with van der Waals surface area (Å²) >= 11 is 3.19. The molecule has 2 aromatic rings. The van der Waals surface area contributed by atoms with Crippen LogP contribution in [0.5, 0.6) is 0 Å².